The molecule has 1 atom stereocenters. The number of nitrogens with zero attached hydrogens (tertiary/aromatic N) is 4. The number of fused-ring (bicyclic) bond motifs is 3. The molecule has 0 saturated heterocycles. The summed E-state index contributed by atoms with van der Waals surface area (Å²) in [6, 6.07) is 16.1. The Kier molecular flexibility index (Phi) is 4.57. The second-order valence-electron chi connectivity index (χ2n) is 6.43. The van der Waals surface area contributed by atoms with Gasteiger partial charge in [0.2, 0.25) is 0 Å². The van der Waals surface area contributed by atoms with Gasteiger partial charge in [-0.05, 0) is 24.6 Å². The molecule has 5 nitrogen and oxygen atoms in total. The lowest BCUT2D eigenvalue weighted by atomic mass is 10.0. The van der Waals surface area contributed by atoms with Crippen LogP contribution in [0, 0.1) is 0 Å². The molecule has 132 valence electrons. The van der Waals surface area contributed by atoms with Crippen molar-refractivity contribution >= 4 is 17.3 Å². The molecular formula is C20H20ClN5. The summed E-state index contributed by atoms with van der Waals surface area (Å²) in [4.78, 5) is 4.83. The highest BCUT2D eigenvalue weighted by Crippen LogP contribution is 2.28. The van der Waals surface area contributed by atoms with Crippen LogP contribution < -0.4 is 5.73 Å². The van der Waals surface area contributed by atoms with Crippen molar-refractivity contribution in [2.24, 2.45) is 10.7 Å². The Morgan fingerprint density at radius 1 is 1.15 bits per heavy atom. The third kappa shape index (κ3) is 3.04. The van der Waals surface area contributed by atoms with Crippen molar-refractivity contribution in [3.8, 4) is 5.69 Å². The van der Waals surface area contributed by atoms with Gasteiger partial charge in [0.1, 0.15) is 12.4 Å². The Hall–Kier alpha value is -2.50. The van der Waals surface area contributed by atoms with E-state index in [1.807, 2.05) is 36.4 Å². The summed E-state index contributed by atoms with van der Waals surface area (Å²) in [5.41, 5.74) is 10.1. The van der Waals surface area contributed by atoms with E-state index in [9.17, 15) is 0 Å². The topological polar surface area (TPSA) is 69.1 Å². The Balaban J connectivity index is 1.90. The van der Waals surface area contributed by atoms with Gasteiger partial charge in [-0.3, -0.25) is 9.56 Å². The average molecular weight is 366 g/mol. The van der Waals surface area contributed by atoms with Crippen LogP contribution in [0.3, 0.4) is 0 Å². The molecule has 2 aromatic carbocycles. The van der Waals surface area contributed by atoms with Gasteiger partial charge in [-0.1, -0.05) is 48.9 Å². The smallest absolute Gasteiger partial charge is 0.159 e. The molecule has 2 heterocycles. The summed E-state index contributed by atoms with van der Waals surface area (Å²) in [6.45, 7) is 2.54. The van der Waals surface area contributed by atoms with Crippen LogP contribution in [0.25, 0.3) is 5.69 Å². The van der Waals surface area contributed by atoms with Crippen molar-refractivity contribution in [2.45, 2.75) is 32.4 Å². The van der Waals surface area contributed by atoms with Gasteiger partial charge < -0.3 is 5.73 Å². The molecule has 0 aliphatic carbocycles. The summed E-state index contributed by atoms with van der Waals surface area (Å²) in [7, 11) is 0. The average Bonchev–Trinajstić information content (AvgIpc) is 2.97. The predicted molar refractivity (Wildman–Crippen MR) is 104 cm³/mol. The molecule has 1 aliphatic heterocycles. The van der Waals surface area contributed by atoms with Crippen LogP contribution in [-0.4, -0.2) is 26.5 Å². The molecule has 2 N–H and O–H groups in total. The Morgan fingerprint density at radius 3 is 2.73 bits per heavy atom. The van der Waals surface area contributed by atoms with E-state index >= 15 is 0 Å². The fourth-order valence-electron chi connectivity index (χ4n) is 3.22. The third-order valence-electron chi connectivity index (χ3n) is 4.65. The second-order valence-corrected chi connectivity index (χ2v) is 6.87. The van der Waals surface area contributed by atoms with E-state index in [2.05, 4.69) is 33.8 Å². The first-order valence-corrected chi connectivity index (χ1v) is 9.14. The van der Waals surface area contributed by atoms with E-state index < -0.39 is 0 Å². The summed E-state index contributed by atoms with van der Waals surface area (Å²) >= 11 is 6.31. The summed E-state index contributed by atoms with van der Waals surface area (Å²) < 4.78 is 2.08. The zero-order valence-corrected chi connectivity index (χ0v) is 15.3. The first kappa shape index (κ1) is 16.9. The minimum atomic E-state index is 0.0526. The summed E-state index contributed by atoms with van der Waals surface area (Å²) in [6.07, 6.45) is 1.56. The van der Waals surface area contributed by atoms with Gasteiger partial charge in [-0.2, -0.15) is 0 Å². The molecule has 1 aromatic heterocycles. The van der Waals surface area contributed by atoms with E-state index in [4.69, 9.17) is 22.3 Å². The first-order chi connectivity index (χ1) is 12.7. The molecule has 26 heavy (non-hydrogen) atoms. The largest absolute Gasteiger partial charge is 0.327 e. The van der Waals surface area contributed by atoms with E-state index in [1.165, 1.54) is 0 Å². The Bertz CT molecular complexity index is 962. The number of hydrogen-bond acceptors (Lipinski definition) is 4. The van der Waals surface area contributed by atoms with Gasteiger partial charge >= 0.3 is 0 Å². The van der Waals surface area contributed by atoms with Gasteiger partial charge in [0.05, 0.1) is 11.4 Å². The maximum absolute atomic E-state index is 6.31. The lowest BCUT2D eigenvalue weighted by molar-refractivity contribution is 0.615. The minimum absolute atomic E-state index is 0.0526. The maximum atomic E-state index is 6.31. The maximum Gasteiger partial charge on any atom is 0.159 e. The predicted octanol–water partition coefficient (Wildman–Crippen LogP) is 3.55. The number of aliphatic imine (C=N–C) groups is 1. The van der Waals surface area contributed by atoms with Crippen molar-refractivity contribution < 1.29 is 0 Å². The third-order valence-corrected chi connectivity index (χ3v) is 4.88. The van der Waals surface area contributed by atoms with Crippen LogP contribution in [0.4, 0.5) is 0 Å². The standard InChI is InChI=1S/C20H20ClN5/c1-2-15(22)11-18-24-25-19-12-23-20(13-6-4-3-5-7-13)16-10-14(21)8-9-17(16)26(18)19/h3-10,15H,2,11-12,22H2,1H3. The highest BCUT2D eigenvalue weighted by Gasteiger charge is 2.23. The van der Waals surface area contributed by atoms with E-state index in [0.717, 1.165) is 40.6 Å². The molecule has 1 aliphatic rings. The molecule has 0 radical (unpaired) electrons. The van der Waals surface area contributed by atoms with Crippen molar-refractivity contribution in [3.63, 3.8) is 0 Å². The van der Waals surface area contributed by atoms with Crippen LogP contribution in [0.1, 0.15) is 36.1 Å². The summed E-state index contributed by atoms with van der Waals surface area (Å²) in [5.74, 6) is 1.68. The number of halogens is 1. The van der Waals surface area contributed by atoms with Gasteiger partial charge in [0.15, 0.2) is 5.82 Å². The molecular weight excluding hydrogens is 346 g/mol. The fraction of sp³-hybridized carbons (Fsp3) is 0.250. The normalized spacial score (nSPS) is 14.2. The SMILES string of the molecule is CCC(N)Cc1nnc2n1-c1ccc(Cl)cc1C(c1ccccc1)=NC2. The van der Waals surface area contributed by atoms with E-state index in [1.54, 1.807) is 0 Å². The van der Waals surface area contributed by atoms with Crippen LogP contribution in [0.15, 0.2) is 53.5 Å². The lowest BCUT2D eigenvalue weighted by Gasteiger charge is -2.15. The molecule has 0 bridgehead atoms. The monoisotopic (exact) mass is 365 g/mol. The van der Waals surface area contributed by atoms with Crippen LogP contribution in [-0.2, 0) is 13.0 Å². The van der Waals surface area contributed by atoms with Gasteiger partial charge in [-0.15, -0.1) is 10.2 Å². The quantitative estimate of drug-likeness (QED) is 0.768. The van der Waals surface area contributed by atoms with Crippen LogP contribution in [0.2, 0.25) is 5.02 Å². The molecule has 4 rings (SSSR count). The number of hydrogen-bond donors (Lipinski definition) is 1. The van der Waals surface area contributed by atoms with Crippen LogP contribution >= 0.6 is 11.6 Å². The van der Waals surface area contributed by atoms with Crippen molar-refractivity contribution in [1.82, 2.24) is 14.8 Å². The zero-order chi connectivity index (χ0) is 18.1. The van der Waals surface area contributed by atoms with E-state index in [0.29, 0.717) is 18.0 Å². The molecule has 1 unspecified atom stereocenters. The number of benzene rings is 2. The highest BCUT2D eigenvalue weighted by atomic mass is 35.5. The Morgan fingerprint density at radius 2 is 1.96 bits per heavy atom. The van der Waals surface area contributed by atoms with E-state index in [-0.39, 0.29) is 6.04 Å². The Labute approximate surface area is 157 Å². The minimum Gasteiger partial charge on any atom is -0.327 e. The van der Waals surface area contributed by atoms with Gasteiger partial charge in [0, 0.05) is 28.6 Å². The second kappa shape index (κ2) is 7.02. The number of aromatic nitrogens is 3. The lowest BCUT2D eigenvalue weighted by Crippen LogP contribution is -2.23. The van der Waals surface area contributed by atoms with Crippen molar-refractivity contribution in [3.05, 3.63) is 76.3 Å². The first-order valence-electron chi connectivity index (χ1n) is 8.76. The van der Waals surface area contributed by atoms with Crippen molar-refractivity contribution in [1.29, 1.82) is 0 Å². The summed E-state index contributed by atoms with van der Waals surface area (Å²) in [5, 5.41) is 9.42. The van der Waals surface area contributed by atoms with Gasteiger partial charge in [0.25, 0.3) is 0 Å². The zero-order valence-electron chi connectivity index (χ0n) is 14.6. The van der Waals surface area contributed by atoms with Gasteiger partial charge in [-0.25, -0.2) is 0 Å². The molecule has 0 fully saturated rings. The fourth-order valence-corrected chi connectivity index (χ4v) is 3.39. The molecule has 0 saturated carbocycles. The number of rotatable bonds is 4. The number of nitrogens with two attached hydrogens (primary N) is 1. The molecule has 0 amide bonds. The van der Waals surface area contributed by atoms with Crippen molar-refractivity contribution in [2.75, 3.05) is 0 Å². The molecule has 3 aromatic rings. The molecule has 6 heteroatoms. The van der Waals surface area contributed by atoms with Crippen LogP contribution in [0.5, 0.6) is 0 Å². The highest BCUT2D eigenvalue weighted by molar-refractivity contribution is 6.31. The molecule has 0 spiro atoms.